The zero-order chi connectivity index (χ0) is 15.8. The molecule has 1 aromatic rings. The molecule has 0 atom stereocenters. The van der Waals surface area contributed by atoms with Crippen LogP contribution in [0.15, 0.2) is 40.5 Å². The van der Waals surface area contributed by atoms with Gasteiger partial charge < -0.3 is 4.43 Å². The summed E-state index contributed by atoms with van der Waals surface area (Å²) < 4.78 is 6.15. The number of rotatable bonds is 4. The van der Waals surface area contributed by atoms with E-state index in [0.29, 0.717) is 0 Å². The summed E-state index contributed by atoms with van der Waals surface area (Å²) in [6.45, 7) is 6.56. The lowest BCUT2D eigenvalue weighted by Crippen LogP contribution is -2.30. The largest absolute Gasteiger partial charge is 0.533 e. The Kier molecular flexibility index (Phi) is 6.37. The molecule has 1 aliphatic rings. The molecule has 0 unspecified atom stereocenters. The topological polar surface area (TPSA) is 34.0 Å². The van der Waals surface area contributed by atoms with Crippen LogP contribution in [0.2, 0.25) is 19.6 Å². The normalized spacial score (nSPS) is 17.0. The maximum Gasteiger partial charge on any atom is 0.243 e. The van der Waals surface area contributed by atoms with E-state index in [2.05, 4.69) is 54.1 Å². The van der Waals surface area contributed by atoms with E-state index >= 15 is 0 Å². The van der Waals surface area contributed by atoms with Crippen molar-refractivity contribution in [2.24, 2.45) is 10.2 Å². The minimum Gasteiger partial charge on any atom is -0.533 e. The maximum absolute atomic E-state index is 6.15. The van der Waals surface area contributed by atoms with Crippen LogP contribution < -0.4 is 0 Å². The fraction of sp³-hybridized carbons (Fsp3) is 0.556. The lowest BCUT2D eigenvalue weighted by atomic mass is 10.1. The van der Waals surface area contributed by atoms with Gasteiger partial charge in [0, 0.05) is 12.1 Å². The molecule has 4 heteroatoms. The second kappa shape index (κ2) is 8.27. The van der Waals surface area contributed by atoms with Gasteiger partial charge in [-0.2, -0.15) is 5.10 Å². The number of nitrogens with zero attached hydrogens (tertiary/aromatic N) is 2. The van der Waals surface area contributed by atoms with Crippen molar-refractivity contribution in [1.82, 2.24) is 0 Å². The highest BCUT2D eigenvalue weighted by Gasteiger charge is 2.19. The Hall–Kier alpha value is -1.42. The molecule has 0 radical (unpaired) electrons. The quantitative estimate of drug-likeness (QED) is 0.247. The molecule has 0 aromatic heterocycles. The van der Waals surface area contributed by atoms with E-state index in [1.807, 2.05) is 6.07 Å². The summed E-state index contributed by atoms with van der Waals surface area (Å²) in [4.78, 5) is 0. The highest BCUT2D eigenvalue weighted by molar-refractivity contribution is 6.71. The Bertz CT molecular complexity index is 508. The Morgan fingerprint density at radius 1 is 1.00 bits per heavy atom. The van der Waals surface area contributed by atoms with Gasteiger partial charge in [-0.1, -0.05) is 43.2 Å². The van der Waals surface area contributed by atoms with Gasteiger partial charge >= 0.3 is 0 Å². The third-order valence-electron chi connectivity index (χ3n) is 3.61. The highest BCUT2D eigenvalue weighted by Crippen LogP contribution is 2.15. The first-order valence-corrected chi connectivity index (χ1v) is 11.8. The summed E-state index contributed by atoms with van der Waals surface area (Å²) in [6.07, 6.45) is 8.05. The van der Waals surface area contributed by atoms with Gasteiger partial charge in [0.1, 0.15) is 0 Å². The molecule has 120 valence electrons. The van der Waals surface area contributed by atoms with E-state index in [1.54, 1.807) is 0 Å². The SMILES string of the molecule is C[Si](C)(C)O/C(Cc1ccccc1)=N\N=C1CCCCCC1. The minimum absolute atomic E-state index is 0.724. The smallest absolute Gasteiger partial charge is 0.243 e. The fourth-order valence-corrected chi connectivity index (χ4v) is 3.40. The van der Waals surface area contributed by atoms with Crippen LogP contribution in [-0.2, 0) is 10.8 Å². The van der Waals surface area contributed by atoms with E-state index in [9.17, 15) is 0 Å². The monoisotopic (exact) mass is 316 g/mol. The average molecular weight is 317 g/mol. The van der Waals surface area contributed by atoms with Crippen LogP contribution in [0.5, 0.6) is 0 Å². The van der Waals surface area contributed by atoms with Gasteiger partial charge in [-0.05, 0) is 50.9 Å². The van der Waals surface area contributed by atoms with Gasteiger partial charge in [0.05, 0.1) is 0 Å². The number of hydrogen-bond donors (Lipinski definition) is 0. The van der Waals surface area contributed by atoms with Gasteiger partial charge in [-0.3, -0.25) is 0 Å². The molecule has 0 spiro atoms. The second-order valence-electron chi connectivity index (χ2n) is 6.95. The van der Waals surface area contributed by atoms with Crippen LogP contribution in [-0.4, -0.2) is 19.9 Å². The van der Waals surface area contributed by atoms with Crippen LogP contribution in [0.25, 0.3) is 0 Å². The van der Waals surface area contributed by atoms with E-state index < -0.39 is 8.32 Å². The number of benzene rings is 1. The van der Waals surface area contributed by atoms with E-state index in [0.717, 1.165) is 25.2 Å². The summed E-state index contributed by atoms with van der Waals surface area (Å²) in [6, 6.07) is 10.4. The fourth-order valence-electron chi connectivity index (χ4n) is 2.58. The maximum atomic E-state index is 6.15. The molecule has 1 aliphatic carbocycles. The standard InChI is InChI=1S/C18H28N2OSi/c1-22(2,3)21-18(15-16-11-7-6-8-12-16)20-19-17-13-9-4-5-10-14-17/h6-8,11-12H,4-5,9-10,13-15H2,1-3H3/b20-18-. The Labute approximate surface area is 135 Å². The van der Waals surface area contributed by atoms with Crippen molar-refractivity contribution in [3.05, 3.63) is 35.9 Å². The first kappa shape index (κ1) is 16.9. The lowest BCUT2D eigenvalue weighted by molar-refractivity contribution is 0.535. The van der Waals surface area contributed by atoms with Crippen LogP contribution in [0.4, 0.5) is 0 Å². The molecule has 3 nitrogen and oxygen atoms in total. The zero-order valence-electron chi connectivity index (χ0n) is 14.1. The van der Waals surface area contributed by atoms with Gasteiger partial charge in [-0.25, -0.2) is 0 Å². The Morgan fingerprint density at radius 3 is 2.23 bits per heavy atom. The molecule has 0 amide bonds. The molecule has 1 fully saturated rings. The van der Waals surface area contributed by atoms with Crippen molar-refractivity contribution >= 4 is 19.9 Å². The predicted molar refractivity (Wildman–Crippen MR) is 97.1 cm³/mol. The van der Waals surface area contributed by atoms with Gasteiger partial charge in [0.25, 0.3) is 0 Å². The third kappa shape index (κ3) is 6.56. The molecule has 1 saturated carbocycles. The molecular formula is C18H28N2OSi. The van der Waals surface area contributed by atoms with E-state index in [4.69, 9.17) is 4.43 Å². The summed E-state index contributed by atoms with van der Waals surface area (Å²) >= 11 is 0. The molecule has 0 aliphatic heterocycles. The van der Waals surface area contributed by atoms with Crippen molar-refractivity contribution < 1.29 is 4.43 Å². The Morgan fingerprint density at radius 2 is 1.64 bits per heavy atom. The lowest BCUT2D eigenvalue weighted by Gasteiger charge is -2.20. The third-order valence-corrected chi connectivity index (χ3v) is 4.45. The van der Waals surface area contributed by atoms with Crippen molar-refractivity contribution in [3.63, 3.8) is 0 Å². The van der Waals surface area contributed by atoms with Gasteiger partial charge in [-0.15, -0.1) is 5.10 Å². The Balaban J connectivity index is 2.12. The zero-order valence-corrected chi connectivity index (χ0v) is 15.1. The summed E-state index contributed by atoms with van der Waals surface area (Å²) in [5.74, 6) is 0.766. The van der Waals surface area contributed by atoms with Crippen molar-refractivity contribution in [2.45, 2.75) is 64.6 Å². The minimum atomic E-state index is -1.67. The summed E-state index contributed by atoms with van der Waals surface area (Å²) in [7, 11) is -1.67. The molecule has 0 heterocycles. The molecule has 0 bridgehead atoms. The molecule has 1 aromatic carbocycles. The van der Waals surface area contributed by atoms with Gasteiger partial charge in [0.15, 0.2) is 5.90 Å². The first-order valence-electron chi connectivity index (χ1n) is 8.38. The van der Waals surface area contributed by atoms with Crippen molar-refractivity contribution in [1.29, 1.82) is 0 Å². The molecule has 2 rings (SSSR count). The average Bonchev–Trinajstić information content (AvgIpc) is 2.73. The van der Waals surface area contributed by atoms with Crippen LogP contribution >= 0.6 is 0 Å². The highest BCUT2D eigenvalue weighted by atomic mass is 28.4. The van der Waals surface area contributed by atoms with Crippen molar-refractivity contribution in [2.75, 3.05) is 0 Å². The molecule has 0 N–H and O–H groups in total. The van der Waals surface area contributed by atoms with Crippen LogP contribution in [0.3, 0.4) is 0 Å². The second-order valence-corrected chi connectivity index (χ2v) is 11.4. The predicted octanol–water partition coefficient (Wildman–Crippen LogP) is 5.19. The number of hydrogen-bond acceptors (Lipinski definition) is 3. The molecule has 22 heavy (non-hydrogen) atoms. The molecule has 0 saturated heterocycles. The van der Waals surface area contributed by atoms with Crippen LogP contribution in [0, 0.1) is 0 Å². The van der Waals surface area contributed by atoms with Crippen molar-refractivity contribution in [3.8, 4) is 0 Å². The van der Waals surface area contributed by atoms with E-state index in [1.165, 1.54) is 37.0 Å². The first-order chi connectivity index (χ1) is 10.5. The molecular weight excluding hydrogens is 288 g/mol. The van der Waals surface area contributed by atoms with Crippen LogP contribution in [0.1, 0.15) is 44.1 Å². The van der Waals surface area contributed by atoms with E-state index in [-0.39, 0.29) is 0 Å². The summed E-state index contributed by atoms with van der Waals surface area (Å²) in [5.41, 5.74) is 2.46. The van der Waals surface area contributed by atoms with Gasteiger partial charge in [0.2, 0.25) is 8.32 Å². The summed E-state index contributed by atoms with van der Waals surface area (Å²) in [5, 5.41) is 9.01.